The fourth-order valence-corrected chi connectivity index (χ4v) is 6.21. The summed E-state index contributed by atoms with van der Waals surface area (Å²) in [4.78, 5) is 19.1. The largest absolute Gasteiger partial charge is 1.00 e. The molecule has 45 heavy (non-hydrogen) atoms. The maximum Gasteiger partial charge on any atom is 1.00 e. The number of aromatic nitrogens is 8. The van der Waals surface area contributed by atoms with Gasteiger partial charge in [-0.25, -0.2) is 4.52 Å². The normalized spacial score (nSPS) is 17.0. The zero-order valence-electron chi connectivity index (χ0n) is 26.8. The molecule has 0 aliphatic heterocycles. The first-order valence-electron chi connectivity index (χ1n) is 15.4. The van der Waals surface area contributed by atoms with Crippen molar-refractivity contribution in [2.45, 2.75) is 90.4 Å². The van der Waals surface area contributed by atoms with Crippen molar-refractivity contribution in [3.8, 4) is 22.5 Å². The van der Waals surface area contributed by atoms with Gasteiger partial charge in [-0.1, -0.05) is 61.9 Å². The van der Waals surface area contributed by atoms with E-state index in [1.165, 1.54) is 0 Å². The van der Waals surface area contributed by atoms with Crippen LogP contribution in [0.2, 0.25) is 0 Å². The summed E-state index contributed by atoms with van der Waals surface area (Å²) in [5.74, 6) is 1.76. The van der Waals surface area contributed by atoms with Crippen molar-refractivity contribution in [1.29, 1.82) is 0 Å². The molecule has 6 rings (SSSR count). The minimum atomic E-state index is -0.864. The Balaban J connectivity index is 0.00000400. The summed E-state index contributed by atoms with van der Waals surface area (Å²) in [5.41, 5.74) is 4.75. The van der Waals surface area contributed by atoms with Gasteiger partial charge in [-0.05, 0) is 75.1 Å². The summed E-state index contributed by atoms with van der Waals surface area (Å²) < 4.78 is 9.78. The quantitative estimate of drug-likeness (QED) is 0.227. The number of ether oxygens (including phenoxy) is 1. The van der Waals surface area contributed by atoms with Crippen LogP contribution in [0.15, 0.2) is 53.3 Å². The molecule has 0 spiro atoms. The van der Waals surface area contributed by atoms with Crippen LogP contribution in [0.1, 0.15) is 81.6 Å². The van der Waals surface area contributed by atoms with E-state index in [1.54, 1.807) is 13.8 Å². The van der Waals surface area contributed by atoms with E-state index in [0.29, 0.717) is 30.5 Å². The molecule has 0 saturated heterocycles. The predicted molar refractivity (Wildman–Crippen MR) is 166 cm³/mol. The van der Waals surface area contributed by atoms with Gasteiger partial charge in [-0.15, -0.1) is 0 Å². The molecule has 0 amide bonds. The van der Waals surface area contributed by atoms with Gasteiger partial charge in [0.25, 0.3) is 5.56 Å². The first-order chi connectivity index (χ1) is 21.2. The molecule has 2 aromatic carbocycles. The van der Waals surface area contributed by atoms with Crippen molar-refractivity contribution in [2.75, 3.05) is 6.61 Å². The third kappa shape index (κ3) is 7.53. The number of hydrogen-bond donors (Lipinski definition) is 1. The minimum absolute atomic E-state index is 0. The first-order valence-corrected chi connectivity index (χ1v) is 15.4. The molecule has 0 radical (unpaired) electrons. The number of benzene rings is 2. The molecule has 11 nitrogen and oxygen atoms in total. The van der Waals surface area contributed by atoms with Crippen molar-refractivity contribution in [1.82, 2.24) is 39.8 Å². The zero-order valence-corrected chi connectivity index (χ0v) is 29.9. The third-order valence-corrected chi connectivity index (χ3v) is 8.29. The Bertz CT molecular complexity index is 1780. The van der Waals surface area contributed by atoms with Crippen molar-refractivity contribution in [2.24, 2.45) is 0 Å². The minimum Gasteiger partial charge on any atom is -0.388 e. The number of nitrogens with zero attached hydrogens (tertiary/aromatic N) is 8. The van der Waals surface area contributed by atoms with Crippen LogP contribution >= 0.6 is 0 Å². The van der Waals surface area contributed by atoms with Crippen molar-refractivity contribution >= 4 is 5.78 Å². The number of aryl methyl sites for hydroxylation is 2. The van der Waals surface area contributed by atoms with E-state index in [9.17, 15) is 9.90 Å². The summed E-state index contributed by atoms with van der Waals surface area (Å²) in [5, 5.41) is 30.2. The van der Waals surface area contributed by atoms with Crippen molar-refractivity contribution in [3.63, 3.8) is 0 Å². The van der Waals surface area contributed by atoms with Gasteiger partial charge < -0.3 is 14.9 Å². The summed E-state index contributed by atoms with van der Waals surface area (Å²) in [6.07, 6.45) is 5.44. The van der Waals surface area contributed by atoms with Crippen LogP contribution in [0.3, 0.4) is 0 Å². The topological polar surface area (TPSA) is 134 Å². The van der Waals surface area contributed by atoms with Gasteiger partial charge in [-0.2, -0.15) is 15.3 Å². The fraction of sp³-hybridized carbons (Fsp3) is 0.455. The molecular formula is C33H39KN8O3. The maximum absolute atomic E-state index is 14.4. The molecule has 0 unspecified atom stereocenters. The Morgan fingerprint density at radius 3 is 2.40 bits per heavy atom. The molecule has 1 aliphatic carbocycles. The molecular weight excluding hydrogens is 596 g/mol. The Morgan fingerprint density at radius 2 is 1.76 bits per heavy atom. The van der Waals surface area contributed by atoms with E-state index in [4.69, 9.17) is 14.8 Å². The number of fused-ring (bicyclic) bond motifs is 1. The molecule has 1 N–H and O–H groups in total. The number of rotatable bonds is 10. The predicted octanol–water partition coefficient (Wildman–Crippen LogP) is 1.49. The van der Waals surface area contributed by atoms with Gasteiger partial charge >= 0.3 is 51.4 Å². The Kier molecular flexibility index (Phi) is 10.8. The van der Waals surface area contributed by atoms with Crippen LogP contribution in [0.4, 0.5) is 0 Å². The second-order valence-electron chi connectivity index (χ2n) is 12.4. The molecule has 0 bridgehead atoms. The van der Waals surface area contributed by atoms with Crippen LogP contribution in [0.25, 0.3) is 28.3 Å². The average molecular weight is 635 g/mol. The van der Waals surface area contributed by atoms with Gasteiger partial charge in [0.05, 0.1) is 24.0 Å². The standard InChI is InChI=1S/C33H39N8O3.K/c1-5-8-29-28(19-22-11-13-23(14-12-22)26-9-6-7-10-27(26)30-35-38-39-36-30)31(42)40(32-34-21(2)37-41(29)32)24-15-17-25(18-16-24)44-20-33(3,4)43;/h6-7,9-14,24-25,43H,5,8,15-20H2,1-4H3;/q-1;+1. The van der Waals surface area contributed by atoms with E-state index in [0.717, 1.165) is 72.0 Å². The maximum atomic E-state index is 14.4. The van der Waals surface area contributed by atoms with E-state index in [-0.39, 0.29) is 69.1 Å². The van der Waals surface area contributed by atoms with E-state index < -0.39 is 5.60 Å². The van der Waals surface area contributed by atoms with E-state index in [2.05, 4.69) is 51.8 Å². The molecule has 1 fully saturated rings. The smallest absolute Gasteiger partial charge is 0.388 e. The van der Waals surface area contributed by atoms with Crippen LogP contribution < -0.4 is 62.0 Å². The van der Waals surface area contributed by atoms with Crippen molar-refractivity contribution in [3.05, 3.63) is 81.5 Å². The van der Waals surface area contributed by atoms with Crippen molar-refractivity contribution < 1.29 is 61.2 Å². The second kappa shape index (κ2) is 14.5. The first kappa shape index (κ1) is 33.8. The summed E-state index contributed by atoms with van der Waals surface area (Å²) >= 11 is 0. The van der Waals surface area contributed by atoms with Crippen LogP contribution in [0.5, 0.6) is 0 Å². The molecule has 3 heterocycles. The Labute approximate surface area is 305 Å². The van der Waals surface area contributed by atoms with Gasteiger partial charge in [0.15, 0.2) is 0 Å². The van der Waals surface area contributed by atoms with Gasteiger partial charge in [0, 0.05) is 23.9 Å². The molecule has 1 aliphatic rings. The van der Waals surface area contributed by atoms with E-state index >= 15 is 0 Å². The Morgan fingerprint density at radius 1 is 1.04 bits per heavy atom. The number of tetrazole rings is 1. The fourth-order valence-electron chi connectivity index (χ4n) is 6.21. The van der Waals surface area contributed by atoms with Gasteiger partial charge in [-0.3, -0.25) is 19.7 Å². The Hall–Kier alpha value is -2.58. The summed E-state index contributed by atoms with van der Waals surface area (Å²) in [6.45, 7) is 7.80. The van der Waals surface area contributed by atoms with E-state index in [1.807, 2.05) is 40.3 Å². The molecule has 5 aromatic rings. The number of hydrogen-bond acceptors (Lipinski definition) is 8. The van der Waals surface area contributed by atoms with Crippen LogP contribution in [0, 0.1) is 6.92 Å². The molecule has 3 aromatic heterocycles. The monoisotopic (exact) mass is 634 g/mol. The third-order valence-electron chi connectivity index (χ3n) is 8.29. The average Bonchev–Trinajstić information content (AvgIpc) is 3.69. The molecule has 12 heteroatoms. The molecule has 0 atom stereocenters. The summed E-state index contributed by atoms with van der Waals surface area (Å²) in [6, 6.07) is 16.2. The van der Waals surface area contributed by atoms with Gasteiger partial charge in [0.1, 0.15) is 5.82 Å². The van der Waals surface area contributed by atoms with Gasteiger partial charge in [0.2, 0.25) is 5.78 Å². The summed E-state index contributed by atoms with van der Waals surface area (Å²) in [7, 11) is 0. The second-order valence-corrected chi connectivity index (χ2v) is 12.4. The van der Waals surface area contributed by atoms with Crippen LogP contribution in [-0.4, -0.2) is 58.1 Å². The molecule has 230 valence electrons. The SMILES string of the molecule is CCCc1c(Cc2ccc(-c3ccccc3-c3nnn[n-]3)cc2)c(=O)n(C2CCC(OCC(C)(C)O)CC2)c2nc(C)nn12.[K+]. The zero-order chi connectivity index (χ0) is 30.8. The number of aliphatic hydroxyl groups is 1. The van der Waals surface area contributed by atoms with Crippen LogP contribution in [-0.2, 0) is 17.6 Å². The molecule has 1 saturated carbocycles.